The van der Waals surface area contributed by atoms with Crippen molar-refractivity contribution in [2.45, 2.75) is 69.4 Å². The summed E-state index contributed by atoms with van der Waals surface area (Å²) in [6.45, 7) is 3.22. The maximum atomic E-state index is 13.2. The number of unbranched alkanes of at least 4 members (excludes halogenated alkanes) is 1. The largest absolute Gasteiger partial charge is 0.338 e. The lowest BCUT2D eigenvalue weighted by molar-refractivity contribution is -0.148. The molecule has 0 N–H and O–H groups in total. The third-order valence-corrected chi connectivity index (χ3v) is 6.25. The fourth-order valence-electron chi connectivity index (χ4n) is 4.81. The SMILES string of the molecule is O=C1N(C2CC2)CCCC12CCCN2CCCCc1ccccc1. The molecule has 1 spiro atoms. The maximum absolute atomic E-state index is 13.2. The average molecular weight is 326 g/mol. The van der Waals surface area contributed by atoms with Gasteiger partial charge >= 0.3 is 0 Å². The first-order chi connectivity index (χ1) is 11.8. The molecule has 3 heteroatoms. The van der Waals surface area contributed by atoms with E-state index in [2.05, 4.69) is 40.1 Å². The first-order valence-corrected chi connectivity index (χ1v) is 9.90. The number of carbonyl (C=O) groups excluding carboxylic acids is 1. The molecule has 3 fully saturated rings. The maximum Gasteiger partial charge on any atom is 0.243 e. The molecule has 0 aromatic heterocycles. The van der Waals surface area contributed by atoms with Crippen LogP contribution in [0.15, 0.2) is 30.3 Å². The van der Waals surface area contributed by atoms with Crippen molar-refractivity contribution >= 4 is 5.91 Å². The highest BCUT2D eigenvalue weighted by molar-refractivity contribution is 5.88. The topological polar surface area (TPSA) is 23.6 Å². The highest BCUT2D eigenvalue weighted by atomic mass is 16.2. The molecule has 1 aromatic carbocycles. The Labute approximate surface area is 146 Å². The Morgan fingerprint density at radius 3 is 2.50 bits per heavy atom. The summed E-state index contributed by atoms with van der Waals surface area (Å²) in [4.78, 5) is 18.0. The third-order valence-electron chi connectivity index (χ3n) is 6.25. The van der Waals surface area contributed by atoms with Crippen molar-refractivity contribution in [3.8, 4) is 0 Å². The number of nitrogens with zero attached hydrogens (tertiary/aromatic N) is 2. The molecule has 1 saturated carbocycles. The zero-order chi connectivity index (χ0) is 16.4. The molecule has 1 aromatic rings. The van der Waals surface area contributed by atoms with Crippen LogP contribution in [0.4, 0.5) is 0 Å². The summed E-state index contributed by atoms with van der Waals surface area (Å²) in [6, 6.07) is 11.3. The second kappa shape index (κ2) is 6.87. The molecule has 1 aliphatic carbocycles. The molecule has 1 atom stereocenters. The number of amides is 1. The Bertz CT molecular complexity index is 568. The van der Waals surface area contributed by atoms with Gasteiger partial charge in [0.25, 0.3) is 0 Å². The number of aryl methyl sites for hydroxylation is 1. The van der Waals surface area contributed by atoms with Gasteiger partial charge in [0.1, 0.15) is 5.54 Å². The van der Waals surface area contributed by atoms with Crippen LogP contribution in [0.3, 0.4) is 0 Å². The molecule has 3 nitrogen and oxygen atoms in total. The van der Waals surface area contributed by atoms with Crippen LogP contribution in [0.25, 0.3) is 0 Å². The van der Waals surface area contributed by atoms with Gasteiger partial charge in [-0.1, -0.05) is 30.3 Å². The van der Waals surface area contributed by atoms with E-state index in [0.29, 0.717) is 11.9 Å². The first kappa shape index (κ1) is 16.1. The van der Waals surface area contributed by atoms with E-state index < -0.39 is 0 Å². The summed E-state index contributed by atoms with van der Waals surface area (Å²) in [7, 11) is 0. The Kier molecular flexibility index (Phi) is 4.62. The highest BCUT2D eigenvalue weighted by Crippen LogP contribution is 2.41. The van der Waals surface area contributed by atoms with E-state index in [0.717, 1.165) is 38.9 Å². The van der Waals surface area contributed by atoms with E-state index in [1.165, 1.54) is 44.1 Å². The molecule has 1 unspecified atom stereocenters. The number of hydrogen-bond acceptors (Lipinski definition) is 2. The average Bonchev–Trinajstić information content (AvgIpc) is 3.38. The van der Waals surface area contributed by atoms with Crippen LogP contribution < -0.4 is 0 Å². The quantitative estimate of drug-likeness (QED) is 0.745. The van der Waals surface area contributed by atoms with E-state index in [4.69, 9.17) is 0 Å². The molecular formula is C21H30N2O. The predicted octanol–water partition coefficient (Wildman–Crippen LogP) is 3.63. The normalized spacial score (nSPS) is 28.0. The minimum absolute atomic E-state index is 0.131. The van der Waals surface area contributed by atoms with Crippen molar-refractivity contribution < 1.29 is 4.79 Å². The zero-order valence-electron chi connectivity index (χ0n) is 14.8. The summed E-state index contributed by atoms with van der Waals surface area (Å²) in [6.07, 6.45) is 10.6. The van der Waals surface area contributed by atoms with Crippen LogP contribution in [-0.2, 0) is 11.2 Å². The van der Waals surface area contributed by atoms with Gasteiger partial charge in [-0.15, -0.1) is 0 Å². The van der Waals surface area contributed by atoms with Crippen LogP contribution >= 0.6 is 0 Å². The Hall–Kier alpha value is -1.35. The van der Waals surface area contributed by atoms with Gasteiger partial charge in [-0.2, -0.15) is 0 Å². The van der Waals surface area contributed by atoms with Gasteiger partial charge in [0, 0.05) is 12.6 Å². The fraction of sp³-hybridized carbons (Fsp3) is 0.667. The fourth-order valence-corrected chi connectivity index (χ4v) is 4.81. The molecule has 2 heterocycles. The van der Waals surface area contributed by atoms with Crippen molar-refractivity contribution in [1.29, 1.82) is 0 Å². The molecule has 0 radical (unpaired) electrons. The molecular weight excluding hydrogens is 296 g/mol. The van der Waals surface area contributed by atoms with E-state index in [1.54, 1.807) is 0 Å². The van der Waals surface area contributed by atoms with Crippen LogP contribution in [0.2, 0.25) is 0 Å². The minimum Gasteiger partial charge on any atom is -0.338 e. The second-order valence-electron chi connectivity index (χ2n) is 7.90. The lowest BCUT2D eigenvalue weighted by atomic mass is 9.85. The van der Waals surface area contributed by atoms with E-state index >= 15 is 0 Å². The van der Waals surface area contributed by atoms with Gasteiger partial charge in [0.05, 0.1) is 0 Å². The van der Waals surface area contributed by atoms with Crippen molar-refractivity contribution in [3.05, 3.63) is 35.9 Å². The Morgan fingerprint density at radius 1 is 1.00 bits per heavy atom. The number of hydrogen-bond donors (Lipinski definition) is 0. The van der Waals surface area contributed by atoms with Crippen molar-refractivity contribution in [3.63, 3.8) is 0 Å². The summed E-state index contributed by atoms with van der Waals surface area (Å²) in [5, 5.41) is 0. The van der Waals surface area contributed by atoms with Gasteiger partial charge in [-0.3, -0.25) is 9.69 Å². The molecule has 2 aliphatic heterocycles. The predicted molar refractivity (Wildman–Crippen MR) is 96.9 cm³/mol. The highest BCUT2D eigenvalue weighted by Gasteiger charge is 2.52. The molecule has 2 saturated heterocycles. The standard InChI is InChI=1S/C21H30N2O/c24-20-21(14-7-17-23(20)19-11-12-19)13-6-16-22(21)15-5-4-10-18-8-2-1-3-9-18/h1-3,8-9,19H,4-7,10-17H2. The van der Waals surface area contributed by atoms with E-state index in [1.807, 2.05) is 0 Å². The Balaban J connectivity index is 1.33. The first-order valence-electron chi connectivity index (χ1n) is 9.90. The number of rotatable bonds is 6. The summed E-state index contributed by atoms with van der Waals surface area (Å²) in [5.74, 6) is 0.469. The molecule has 24 heavy (non-hydrogen) atoms. The van der Waals surface area contributed by atoms with E-state index in [9.17, 15) is 4.79 Å². The zero-order valence-corrected chi connectivity index (χ0v) is 14.8. The minimum atomic E-state index is -0.131. The number of benzene rings is 1. The number of carbonyl (C=O) groups is 1. The molecule has 4 rings (SSSR count). The monoisotopic (exact) mass is 326 g/mol. The second-order valence-corrected chi connectivity index (χ2v) is 7.90. The lowest BCUT2D eigenvalue weighted by Crippen LogP contribution is -2.60. The molecule has 130 valence electrons. The Morgan fingerprint density at radius 2 is 1.75 bits per heavy atom. The lowest BCUT2D eigenvalue weighted by Gasteiger charge is -2.45. The summed E-state index contributed by atoms with van der Waals surface area (Å²) >= 11 is 0. The van der Waals surface area contributed by atoms with Crippen LogP contribution in [0.5, 0.6) is 0 Å². The molecule has 1 amide bonds. The van der Waals surface area contributed by atoms with E-state index in [-0.39, 0.29) is 5.54 Å². The summed E-state index contributed by atoms with van der Waals surface area (Å²) < 4.78 is 0. The van der Waals surface area contributed by atoms with Crippen LogP contribution in [0.1, 0.15) is 56.9 Å². The van der Waals surface area contributed by atoms with Crippen LogP contribution in [-0.4, -0.2) is 46.9 Å². The van der Waals surface area contributed by atoms with Gasteiger partial charge in [-0.25, -0.2) is 0 Å². The van der Waals surface area contributed by atoms with Crippen molar-refractivity contribution in [1.82, 2.24) is 9.80 Å². The number of likely N-dealkylation sites (tertiary alicyclic amines) is 2. The third kappa shape index (κ3) is 3.11. The van der Waals surface area contributed by atoms with Gasteiger partial charge in [0.2, 0.25) is 5.91 Å². The molecule has 0 bridgehead atoms. The van der Waals surface area contributed by atoms with Crippen molar-refractivity contribution in [2.75, 3.05) is 19.6 Å². The molecule has 3 aliphatic rings. The van der Waals surface area contributed by atoms with Gasteiger partial charge < -0.3 is 4.90 Å². The number of piperidine rings is 1. The van der Waals surface area contributed by atoms with Gasteiger partial charge in [0.15, 0.2) is 0 Å². The smallest absolute Gasteiger partial charge is 0.243 e. The van der Waals surface area contributed by atoms with Crippen LogP contribution in [0, 0.1) is 0 Å². The van der Waals surface area contributed by atoms with Crippen molar-refractivity contribution in [2.24, 2.45) is 0 Å². The van der Waals surface area contributed by atoms with Gasteiger partial charge in [-0.05, 0) is 76.4 Å². The summed E-state index contributed by atoms with van der Waals surface area (Å²) in [5.41, 5.74) is 1.30.